The Kier molecular flexibility index (Phi) is 8.55. The molecular formula is C13H22ClN3O2S2. The number of aromatic amines is 1. The Labute approximate surface area is 139 Å². The Morgan fingerprint density at radius 3 is 2.67 bits per heavy atom. The number of H-pyrrole nitrogens is 1. The molecule has 0 saturated carbocycles. The molecule has 0 radical (unpaired) electrons. The molecule has 8 heteroatoms. The molecule has 1 aliphatic heterocycles. The number of nitrogens with zero attached hydrogens (tertiary/aromatic N) is 2. The Morgan fingerprint density at radius 2 is 2.05 bits per heavy atom. The van der Waals surface area contributed by atoms with Gasteiger partial charge in [0.2, 0.25) is 5.88 Å². The zero-order valence-corrected chi connectivity index (χ0v) is 14.6. The molecule has 1 saturated heterocycles. The molecule has 1 aliphatic rings. The summed E-state index contributed by atoms with van der Waals surface area (Å²) in [6.45, 7) is 3.34. The van der Waals surface area contributed by atoms with Crippen molar-refractivity contribution < 1.29 is 5.11 Å². The van der Waals surface area contributed by atoms with Crippen molar-refractivity contribution >= 4 is 35.9 Å². The van der Waals surface area contributed by atoms with Crippen molar-refractivity contribution in [2.45, 2.75) is 24.4 Å². The average molecular weight is 352 g/mol. The van der Waals surface area contributed by atoms with Crippen molar-refractivity contribution in [2.75, 3.05) is 37.4 Å². The predicted molar refractivity (Wildman–Crippen MR) is 92.3 cm³/mol. The summed E-state index contributed by atoms with van der Waals surface area (Å²) in [6, 6.07) is 0. The van der Waals surface area contributed by atoms with Crippen LogP contribution in [0.1, 0.15) is 18.4 Å². The van der Waals surface area contributed by atoms with Gasteiger partial charge in [0, 0.05) is 12.3 Å². The third-order valence-electron chi connectivity index (χ3n) is 3.37. The number of hydrogen-bond donors (Lipinski definition) is 2. The van der Waals surface area contributed by atoms with Gasteiger partial charge in [-0.15, -0.1) is 12.4 Å². The smallest absolute Gasteiger partial charge is 0.258 e. The molecule has 0 atom stereocenters. The van der Waals surface area contributed by atoms with Crippen LogP contribution in [0, 0.1) is 0 Å². The Balaban J connectivity index is 0.00000220. The Morgan fingerprint density at radius 1 is 1.33 bits per heavy atom. The Bertz CT molecular complexity index is 493. The summed E-state index contributed by atoms with van der Waals surface area (Å²) in [4.78, 5) is 21.2. The van der Waals surface area contributed by atoms with Gasteiger partial charge in [-0.3, -0.25) is 4.79 Å². The second kappa shape index (κ2) is 9.61. The summed E-state index contributed by atoms with van der Waals surface area (Å²) in [6.07, 6.45) is 5.09. The van der Waals surface area contributed by atoms with Crippen LogP contribution in [0.15, 0.2) is 9.95 Å². The zero-order valence-electron chi connectivity index (χ0n) is 12.1. The lowest BCUT2D eigenvalue weighted by molar-refractivity contribution is 0.362. The number of hydrogen-bond acceptors (Lipinski definition) is 6. The molecule has 2 N–H and O–H groups in total. The summed E-state index contributed by atoms with van der Waals surface area (Å²) in [7, 11) is 0. The van der Waals surface area contributed by atoms with E-state index in [1.807, 2.05) is 6.26 Å². The van der Waals surface area contributed by atoms with Gasteiger partial charge in [0.1, 0.15) is 0 Å². The number of aromatic nitrogens is 2. The highest BCUT2D eigenvalue weighted by atomic mass is 35.5. The lowest BCUT2D eigenvalue weighted by atomic mass is 10.2. The number of aromatic hydroxyl groups is 1. The molecule has 0 aromatic carbocycles. The molecule has 0 aliphatic carbocycles. The minimum Gasteiger partial charge on any atom is -0.493 e. The first-order chi connectivity index (χ1) is 9.70. The fourth-order valence-electron chi connectivity index (χ4n) is 2.24. The molecule has 1 aromatic heterocycles. The van der Waals surface area contributed by atoms with Gasteiger partial charge in [0.25, 0.3) is 5.56 Å². The number of likely N-dealkylation sites (tertiary alicyclic amines) is 1. The number of nitrogens with one attached hydrogen (secondary N) is 1. The van der Waals surface area contributed by atoms with Crippen molar-refractivity contribution in [3.63, 3.8) is 0 Å². The maximum atomic E-state index is 11.9. The fourth-order valence-corrected chi connectivity index (χ4v) is 3.51. The minimum atomic E-state index is -0.213. The van der Waals surface area contributed by atoms with Crippen LogP contribution in [0.3, 0.4) is 0 Å². The van der Waals surface area contributed by atoms with Gasteiger partial charge in [-0.2, -0.15) is 16.7 Å². The molecular weight excluding hydrogens is 330 g/mol. The average Bonchev–Trinajstić information content (AvgIpc) is 2.91. The molecule has 21 heavy (non-hydrogen) atoms. The van der Waals surface area contributed by atoms with Crippen LogP contribution in [0.25, 0.3) is 0 Å². The fraction of sp³-hybridized carbons (Fsp3) is 0.692. The van der Waals surface area contributed by atoms with Gasteiger partial charge in [0.05, 0.1) is 5.56 Å². The predicted octanol–water partition coefficient (Wildman–Crippen LogP) is 1.99. The number of thioether (sulfide) groups is 2. The van der Waals surface area contributed by atoms with E-state index in [-0.39, 0.29) is 23.8 Å². The van der Waals surface area contributed by atoms with E-state index in [4.69, 9.17) is 0 Å². The largest absolute Gasteiger partial charge is 0.493 e. The van der Waals surface area contributed by atoms with Crippen molar-refractivity contribution in [1.82, 2.24) is 14.9 Å². The van der Waals surface area contributed by atoms with E-state index in [1.54, 1.807) is 11.8 Å². The number of rotatable bonds is 7. The summed E-state index contributed by atoms with van der Waals surface area (Å²) in [5, 5.41) is 10.4. The van der Waals surface area contributed by atoms with E-state index in [0.717, 1.165) is 18.1 Å². The monoisotopic (exact) mass is 351 g/mol. The summed E-state index contributed by atoms with van der Waals surface area (Å²) in [5.41, 5.74) is 0.179. The highest BCUT2D eigenvalue weighted by Crippen LogP contribution is 2.18. The molecule has 0 amide bonds. The molecule has 2 heterocycles. The van der Waals surface area contributed by atoms with Crippen LogP contribution in [-0.4, -0.2) is 57.4 Å². The molecule has 1 fully saturated rings. The third kappa shape index (κ3) is 5.73. The van der Waals surface area contributed by atoms with Gasteiger partial charge >= 0.3 is 0 Å². The lowest BCUT2D eigenvalue weighted by Gasteiger charge is -2.13. The SMILES string of the molecule is CSCCc1c(O)nc(SCCN2CCCC2)[nH]c1=O.Cl. The minimum absolute atomic E-state index is 0. The van der Waals surface area contributed by atoms with E-state index < -0.39 is 0 Å². The standard InChI is InChI=1S/C13H21N3O2S2.ClH/c1-19-8-4-10-11(17)14-13(15-12(10)18)20-9-7-16-5-2-3-6-16;/h2-9H2,1H3,(H2,14,15,17,18);1H. The van der Waals surface area contributed by atoms with Gasteiger partial charge in [-0.25, -0.2) is 0 Å². The highest BCUT2D eigenvalue weighted by Gasteiger charge is 2.13. The van der Waals surface area contributed by atoms with E-state index >= 15 is 0 Å². The topological polar surface area (TPSA) is 69.2 Å². The summed E-state index contributed by atoms with van der Waals surface area (Å²) < 4.78 is 0. The molecule has 120 valence electrons. The second-order valence-electron chi connectivity index (χ2n) is 4.81. The maximum absolute atomic E-state index is 11.9. The van der Waals surface area contributed by atoms with Crippen LogP contribution in [0.5, 0.6) is 5.88 Å². The Hall–Kier alpha value is -0.370. The third-order valence-corrected chi connectivity index (χ3v) is 4.84. The summed E-state index contributed by atoms with van der Waals surface area (Å²) >= 11 is 3.14. The first-order valence-electron chi connectivity index (χ1n) is 6.87. The van der Waals surface area contributed by atoms with E-state index in [0.29, 0.717) is 17.1 Å². The van der Waals surface area contributed by atoms with Gasteiger partial charge in [0.15, 0.2) is 5.16 Å². The first-order valence-corrected chi connectivity index (χ1v) is 9.25. The van der Waals surface area contributed by atoms with Crippen LogP contribution < -0.4 is 5.56 Å². The van der Waals surface area contributed by atoms with E-state index in [1.165, 1.54) is 37.7 Å². The molecule has 0 spiro atoms. The van der Waals surface area contributed by atoms with Crippen LogP contribution in [0.2, 0.25) is 0 Å². The normalized spacial score (nSPS) is 15.1. The van der Waals surface area contributed by atoms with Crippen molar-refractivity contribution in [3.05, 3.63) is 15.9 Å². The molecule has 0 bridgehead atoms. The highest BCUT2D eigenvalue weighted by molar-refractivity contribution is 7.99. The van der Waals surface area contributed by atoms with Crippen LogP contribution >= 0.6 is 35.9 Å². The number of halogens is 1. The van der Waals surface area contributed by atoms with Gasteiger partial charge in [-0.1, -0.05) is 11.8 Å². The molecule has 1 aromatic rings. The second-order valence-corrected chi connectivity index (χ2v) is 6.88. The molecule has 0 unspecified atom stereocenters. The molecule has 2 rings (SSSR count). The van der Waals surface area contributed by atoms with Crippen molar-refractivity contribution in [3.8, 4) is 5.88 Å². The quantitative estimate of drug-likeness (QED) is 0.578. The maximum Gasteiger partial charge on any atom is 0.258 e. The van der Waals surface area contributed by atoms with Crippen molar-refractivity contribution in [1.29, 1.82) is 0 Å². The molecule has 5 nitrogen and oxygen atoms in total. The van der Waals surface area contributed by atoms with Crippen molar-refractivity contribution in [2.24, 2.45) is 0 Å². The van der Waals surface area contributed by atoms with Crippen LogP contribution in [0.4, 0.5) is 0 Å². The zero-order chi connectivity index (χ0) is 14.4. The van der Waals surface area contributed by atoms with Gasteiger partial charge in [-0.05, 0) is 44.4 Å². The van der Waals surface area contributed by atoms with E-state index in [9.17, 15) is 9.90 Å². The first kappa shape index (κ1) is 18.7. The van der Waals surface area contributed by atoms with E-state index in [2.05, 4.69) is 14.9 Å². The van der Waals surface area contributed by atoms with Crippen LogP contribution in [-0.2, 0) is 6.42 Å². The lowest BCUT2D eigenvalue weighted by Crippen LogP contribution is -2.22. The summed E-state index contributed by atoms with van der Waals surface area (Å²) in [5.74, 6) is 1.57. The van der Waals surface area contributed by atoms with Gasteiger partial charge < -0.3 is 15.0 Å².